The van der Waals surface area contributed by atoms with Crippen LogP contribution in [0, 0.1) is 0 Å². The van der Waals surface area contributed by atoms with Gasteiger partial charge in [0, 0.05) is 10.6 Å². The van der Waals surface area contributed by atoms with Crippen molar-refractivity contribution in [2.45, 2.75) is 45.1 Å². The average Bonchev–Trinajstić information content (AvgIpc) is 2.82. The van der Waals surface area contributed by atoms with E-state index in [4.69, 9.17) is 11.6 Å². The second-order valence-corrected chi connectivity index (χ2v) is 8.52. The van der Waals surface area contributed by atoms with E-state index in [0.29, 0.717) is 10.6 Å². The SMILES string of the molecule is CC[C@H](NC(=O)/C(=C/c1ccccc1Cl)c1ccccc1)c1ccc2c(c1)CCCC2. The molecule has 1 N–H and O–H groups in total. The molecule has 1 aliphatic rings. The van der Waals surface area contributed by atoms with Crippen LogP contribution in [0.3, 0.4) is 0 Å². The third-order valence-corrected chi connectivity index (χ3v) is 6.37. The zero-order chi connectivity index (χ0) is 21.6. The molecule has 0 heterocycles. The average molecular weight is 430 g/mol. The van der Waals surface area contributed by atoms with Gasteiger partial charge in [-0.25, -0.2) is 0 Å². The molecule has 0 radical (unpaired) electrons. The van der Waals surface area contributed by atoms with Crippen LogP contribution in [0.25, 0.3) is 11.6 Å². The molecule has 0 bridgehead atoms. The third kappa shape index (κ3) is 5.08. The second kappa shape index (κ2) is 9.98. The van der Waals surface area contributed by atoms with Crippen molar-refractivity contribution in [1.82, 2.24) is 5.32 Å². The Bertz CT molecular complexity index is 1090. The first-order valence-corrected chi connectivity index (χ1v) is 11.5. The molecule has 0 fully saturated rings. The van der Waals surface area contributed by atoms with E-state index in [2.05, 4.69) is 30.4 Å². The van der Waals surface area contributed by atoms with Gasteiger partial charge in [0.15, 0.2) is 0 Å². The molecule has 0 aromatic heterocycles. The Kier molecular flexibility index (Phi) is 6.89. The summed E-state index contributed by atoms with van der Waals surface area (Å²) in [5.41, 5.74) is 6.40. The number of hydrogen-bond donors (Lipinski definition) is 1. The fraction of sp³-hybridized carbons (Fsp3) is 0.250. The number of halogens is 1. The summed E-state index contributed by atoms with van der Waals surface area (Å²) in [5.74, 6) is -0.0873. The molecule has 1 amide bonds. The van der Waals surface area contributed by atoms with Crippen LogP contribution in [0.5, 0.6) is 0 Å². The molecule has 4 rings (SSSR count). The Morgan fingerprint density at radius 2 is 1.68 bits per heavy atom. The van der Waals surface area contributed by atoms with E-state index in [1.165, 1.54) is 29.5 Å². The number of carbonyl (C=O) groups excluding carboxylic acids is 1. The lowest BCUT2D eigenvalue weighted by Crippen LogP contribution is -2.29. The van der Waals surface area contributed by atoms with Gasteiger partial charge in [0.25, 0.3) is 5.91 Å². The van der Waals surface area contributed by atoms with Gasteiger partial charge in [-0.3, -0.25) is 4.79 Å². The minimum atomic E-state index is -0.0873. The number of hydrogen-bond acceptors (Lipinski definition) is 1. The second-order valence-electron chi connectivity index (χ2n) is 8.12. The van der Waals surface area contributed by atoms with E-state index in [1.54, 1.807) is 0 Å². The Morgan fingerprint density at radius 3 is 2.42 bits per heavy atom. The number of rotatable bonds is 6. The first kappa shape index (κ1) is 21.4. The quantitative estimate of drug-likeness (QED) is 0.331. The Labute approximate surface area is 190 Å². The molecule has 0 spiro atoms. The Hall–Kier alpha value is -2.84. The Balaban J connectivity index is 1.64. The van der Waals surface area contributed by atoms with E-state index >= 15 is 0 Å². The van der Waals surface area contributed by atoms with E-state index < -0.39 is 0 Å². The standard InChI is InChI=1S/C28H28ClNO/c1-2-27(24-17-16-20-10-6-7-13-22(20)18-24)30-28(31)25(21-11-4-3-5-12-21)19-23-14-8-9-15-26(23)29/h3-5,8-9,11-12,14-19,27H,2,6-7,10,13H2,1H3,(H,30,31)/b25-19+/t27-/m0/s1. The summed E-state index contributed by atoms with van der Waals surface area (Å²) in [4.78, 5) is 13.5. The normalized spacial score (nSPS) is 14.6. The molecule has 31 heavy (non-hydrogen) atoms. The zero-order valence-electron chi connectivity index (χ0n) is 17.9. The first-order valence-electron chi connectivity index (χ1n) is 11.1. The molecule has 3 aromatic rings. The molecule has 0 aliphatic heterocycles. The van der Waals surface area contributed by atoms with Crippen LogP contribution in [0.2, 0.25) is 5.02 Å². The van der Waals surface area contributed by atoms with Gasteiger partial charge in [0.2, 0.25) is 0 Å². The number of fused-ring (bicyclic) bond motifs is 1. The van der Waals surface area contributed by atoms with Crippen molar-refractivity contribution in [3.05, 3.63) is 106 Å². The van der Waals surface area contributed by atoms with Crippen LogP contribution < -0.4 is 5.32 Å². The summed E-state index contributed by atoms with van der Waals surface area (Å²) >= 11 is 6.38. The topological polar surface area (TPSA) is 29.1 Å². The largest absolute Gasteiger partial charge is 0.345 e. The summed E-state index contributed by atoms with van der Waals surface area (Å²) in [5, 5.41) is 3.91. The molecule has 3 heteroatoms. The van der Waals surface area contributed by atoms with Gasteiger partial charge in [0.05, 0.1) is 6.04 Å². The first-order chi connectivity index (χ1) is 15.2. The van der Waals surface area contributed by atoms with Gasteiger partial charge < -0.3 is 5.32 Å². The van der Waals surface area contributed by atoms with Crippen molar-refractivity contribution in [1.29, 1.82) is 0 Å². The summed E-state index contributed by atoms with van der Waals surface area (Å²) in [6, 6.07) is 24.1. The van der Waals surface area contributed by atoms with Crippen molar-refractivity contribution in [2.75, 3.05) is 0 Å². The van der Waals surface area contributed by atoms with E-state index in [9.17, 15) is 4.79 Å². The van der Waals surface area contributed by atoms with Crippen LogP contribution in [-0.4, -0.2) is 5.91 Å². The lowest BCUT2D eigenvalue weighted by atomic mass is 9.88. The van der Waals surface area contributed by atoms with Crippen molar-refractivity contribution in [3.63, 3.8) is 0 Å². The number of nitrogens with one attached hydrogen (secondary N) is 1. The maximum atomic E-state index is 13.5. The lowest BCUT2D eigenvalue weighted by molar-refractivity contribution is -0.116. The van der Waals surface area contributed by atoms with Gasteiger partial charge >= 0.3 is 0 Å². The number of aryl methyl sites for hydroxylation is 2. The van der Waals surface area contributed by atoms with E-state index in [1.807, 2.05) is 60.7 Å². The summed E-state index contributed by atoms with van der Waals surface area (Å²) in [6.45, 7) is 2.12. The molecule has 1 atom stereocenters. The van der Waals surface area contributed by atoms with Crippen molar-refractivity contribution >= 4 is 29.2 Å². The van der Waals surface area contributed by atoms with Gasteiger partial charge in [-0.2, -0.15) is 0 Å². The molecule has 3 aromatic carbocycles. The van der Waals surface area contributed by atoms with Crippen LogP contribution in [0.1, 0.15) is 60.0 Å². The number of carbonyl (C=O) groups is 1. The van der Waals surface area contributed by atoms with Gasteiger partial charge in [-0.1, -0.05) is 85.3 Å². The fourth-order valence-electron chi connectivity index (χ4n) is 4.27. The smallest absolute Gasteiger partial charge is 0.252 e. The fourth-order valence-corrected chi connectivity index (χ4v) is 4.46. The molecular formula is C28H28ClNO. The predicted octanol–water partition coefficient (Wildman–Crippen LogP) is 7.03. The predicted molar refractivity (Wildman–Crippen MR) is 130 cm³/mol. The summed E-state index contributed by atoms with van der Waals surface area (Å²) in [7, 11) is 0. The monoisotopic (exact) mass is 429 g/mol. The maximum Gasteiger partial charge on any atom is 0.252 e. The van der Waals surface area contributed by atoms with E-state index in [-0.39, 0.29) is 11.9 Å². The van der Waals surface area contributed by atoms with Crippen molar-refractivity contribution < 1.29 is 4.79 Å². The molecule has 0 saturated carbocycles. The molecule has 1 aliphatic carbocycles. The summed E-state index contributed by atoms with van der Waals surface area (Å²) < 4.78 is 0. The third-order valence-electron chi connectivity index (χ3n) is 6.02. The minimum absolute atomic E-state index is 0.0296. The molecule has 158 valence electrons. The Morgan fingerprint density at radius 1 is 0.968 bits per heavy atom. The number of amides is 1. The highest BCUT2D eigenvalue weighted by Crippen LogP contribution is 2.28. The molecule has 0 unspecified atom stereocenters. The van der Waals surface area contributed by atoms with Gasteiger partial charge in [0.1, 0.15) is 0 Å². The van der Waals surface area contributed by atoms with Crippen LogP contribution in [0.4, 0.5) is 0 Å². The molecule has 0 saturated heterocycles. The van der Waals surface area contributed by atoms with Crippen LogP contribution in [-0.2, 0) is 17.6 Å². The van der Waals surface area contributed by atoms with Gasteiger partial charge in [-0.15, -0.1) is 0 Å². The van der Waals surface area contributed by atoms with Crippen molar-refractivity contribution in [3.8, 4) is 0 Å². The minimum Gasteiger partial charge on any atom is -0.345 e. The number of benzene rings is 3. The molecule has 2 nitrogen and oxygen atoms in total. The highest BCUT2D eigenvalue weighted by molar-refractivity contribution is 6.33. The van der Waals surface area contributed by atoms with Crippen molar-refractivity contribution in [2.24, 2.45) is 0 Å². The zero-order valence-corrected chi connectivity index (χ0v) is 18.7. The van der Waals surface area contributed by atoms with E-state index in [0.717, 1.165) is 30.4 Å². The lowest BCUT2D eigenvalue weighted by Gasteiger charge is -2.22. The molecular weight excluding hydrogens is 402 g/mol. The summed E-state index contributed by atoms with van der Waals surface area (Å²) in [6.07, 6.45) is 7.53. The highest BCUT2D eigenvalue weighted by atomic mass is 35.5. The van der Waals surface area contributed by atoms with Gasteiger partial charge in [-0.05, 0) is 72.1 Å². The van der Waals surface area contributed by atoms with Crippen LogP contribution in [0.15, 0.2) is 72.8 Å². The maximum absolute atomic E-state index is 13.5. The highest BCUT2D eigenvalue weighted by Gasteiger charge is 2.19. The van der Waals surface area contributed by atoms with Crippen LogP contribution >= 0.6 is 11.6 Å².